The molecule has 0 fully saturated rings. The van der Waals surface area contributed by atoms with Gasteiger partial charge in [0.05, 0.1) is 5.69 Å². The molecular formula is C21H21N3O+2. The maximum absolute atomic E-state index is 10.0. The molecule has 0 amide bonds. The largest absolute Gasteiger partial charge is 0.506 e. The Kier molecular flexibility index (Phi) is 5.00. The summed E-state index contributed by atoms with van der Waals surface area (Å²) in [5.41, 5.74) is 3.50. The highest BCUT2D eigenvalue weighted by Gasteiger charge is 2.01. The molecule has 3 aromatic rings. The maximum Gasteiger partial charge on any atom is 0.169 e. The van der Waals surface area contributed by atoms with Crippen LogP contribution in [0.4, 0.5) is 0 Å². The van der Waals surface area contributed by atoms with Gasteiger partial charge in [0.2, 0.25) is 0 Å². The first-order valence-electron chi connectivity index (χ1n) is 8.07. The minimum atomic E-state index is 0.168. The van der Waals surface area contributed by atoms with Crippen molar-refractivity contribution in [2.75, 3.05) is 0 Å². The van der Waals surface area contributed by atoms with Crippen LogP contribution in [-0.4, -0.2) is 10.1 Å². The van der Waals surface area contributed by atoms with Crippen molar-refractivity contribution in [3.63, 3.8) is 0 Å². The summed E-state index contributed by atoms with van der Waals surface area (Å²) in [7, 11) is 3.96. The fourth-order valence-electron chi connectivity index (χ4n) is 2.30. The van der Waals surface area contributed by atoms with Gasteiger partial charge >= 0.3 is 0 Å². The first kappa shape index (κ1) is 16.6. The zero-order valence-electron chi connectivity index (χ0n) is 14.4. The molecule has 0 radical (unpaired) electrons. The monoisotopic (exact) mass is 331 g/mol. The topological polar surface area (TPSA) is 40.9 Å². The van der Waals surface area contributed by atoms with Gasteiger partial charge in [-0.15, -0.1) is 0 Å². The van der Waals surface area contributed by atoms with Crippen molar-refractivity contribution in [3.8, 4) is 5.75 Å². The minimum Gasteiger partial charge on any atom is -0.506 e. The molecule has 0 atom stereocenters. The molecule has 0 aliphatic rings. The predicted octanol–water partition coefficient (Wildman–Crippen LogP) is 2.78. The molecule has 0 saturated carbocycles. The summed E-state index contributed by atoms with van der Waals surface area (Å²) < 4.78 is 3.96. The molecule has 4 heteroatoms. The molecule has 0 bridgehead atoms. The van der Waals surface area contributed by atoms with Crippen LogP contribution in [0.25, 0.3) is 24.3 Å². The molecule has 0 spiro atoms. The predicted molar refractivity (Wildman–Crippen MR) is 99.0 cm³/mol. The van der Waals surface area contributed by atoms with Crippen LogP contribution >= 0.6 is 0 Å². The Bertz CT molecular complexity index is 911. The van der Waals surface area contributed by atoms with Gasteiger partial charge in [-0.05, 0) is 35.4 Å². The number of aryl methyl sites for hydroxylation is 2. The lowest BCUT2D eigenvalue weighted by Gasteiger charge is -2.00. The van der Waals surface area contributed by atoms with Crippen LogP contribution in [0.1, 0.15) is 22.5 Å². The van der Waals surface area contributed by atoms with Gasteiger partial charge in [0, 0.05) is 24.3 Å². The number of hydrogen-bond donors (Lipinski definition) is 1. The summed E-state index contributed by atoms with van der Waals surface area (Å²) in [6.07, 6.45) is 15.7. The number of aromatic nitrogens is 3. The third-order valence-corrected chi connectivity index (χ3v) is 3.81. The van der Waals surface area contributed by atoms with Crippen molar-refractivity contribution in [3.05, 3.63) is 83.7 Å². The standard InChI is InChI=1S/C21H20N3O/c1-23-13-9-17(10-14-23)3-5-19-6-8-21(25)20(22-19)7-4-18-11-15-24(2)16-12-18/h3-16H,1-2H3/q+1/p+1. The Balaban J connectivity index is 1.80. The molecule has 0 aliphatic carbocycles. The Hall–Kier alpha value is -3.27. The molecule has 124 valence electrons. The third-order valence-electron chi connectivity index (χ3n) is 3.81. The average molecular weight is 331 g/mol. The number of pyridine rings is 3. The normalized spacial score (nSPS) is 11.4. The Morgan fingerprint density at radius 1 is 0.720 bits per heavy atom. The second kappa shape index (κ2) is 7.53. The van der Waals surface area contributed by atoms with Crippen molar-refractivity contribution < 1.29 is 14.2 Å². The highest BCUT2D eigenvalue weighted by Crippen LogP contribution is 2.19. The Morgan fingerprint density at radius 3 is 1.80 bits per heavy atom. The number of aromatic hydroxyl groups is 1. The van der Waals surface area contributed by atoms with Gasteiger partial charge < -0.3 is 5.11 Å². The van der Waals surface area contributed by atoms with E-state index in [4.69, 9.17) is 0 Å². The Labute approximate surface area is 147 Å². The Morgan fingerprint density at radius 2 is 1.24 bits per heavy atom. The molecule has 0 aliphatic heterocycles. The minimum absolute atomic E-state index is 0.168. The van der Waals surface area contributed by atoms with Crippen LogP contribution in [0.3, 0.4) is 0 Å². The van der Waals surface area contributed by atoms with Crippen molar-refractivity contribution in [2.24, 2.45) is 14.1 Å². The van der Waals surface area contributed by atoms with Gasteiger partial charge in [0.25, 0.3) is 0 Å². The average Bonchev–Trinajstić information content (AvgIpc) is 2.62. The molecular weight excluding hydrogens is 310 g/mol. The lowest BCUT2D eigenvalue weighted by Crippen LogP contribution is -2.25. The van der Waals surface area contributed by atoms with Gasteiger partial charge in [-0.1, -0.05) is 12.2 Å². The molecule has 3 aromatic heterocycles. The lowest BCUT2D eigenvalue weighted by atomic mass is 10.2. The van der Waals surface area contributed by atoms with Gasteiger partial charge in [0.1, 0.15) is 25.5 Å². The van der Waals surface area contributed by atoms with Crippen LogP contribution in [0, 0.1) is 0 Å². The third kappa shape index (κ3) is 4.61. The number of hydrogen-bond acceptors (Lipinski definition) is 2. The van der Waals surface area contributed by atoms with E-state index in [9.17, 15) is 5.11 Å². The van der Waals surface area contributed by atoms with E-state index in [-0.39, 0.29) is 5.75 Å². The van der Waals surface area contributed by atoms with Crippen molar-refractivity contribution in [2.45, 2.75) is 0 Å². The van der Waals surface area contributed by atoms with Crippen molar-refractivity contribution >= 4 is 24.3 Å². The van der Waals surface area contributed by atoms with Crippen LogP contribution in [-0.2, 0) is 14.1 Å². The number of nitrogens with zero attached hydrogens (tertiary/aromatic N) is 3. The first-order valence-corrected chi connectivity index (χ1v) is 8.07. The molecule has 3 rings (SSSR count). The van der Waals surface area contributed by atoms with E-state index in [0.29, 0.717) is 5.69 Å². The fourth-order valence-corrected chi connectivity index (χ4v) is 2.30. The summed E-state index contributed by atoms with van der Waals surface area (Å²) in [5, 5.41) is 10.0. The molecule has 0 unspecified atom stereocenters. The smallest absolute Gasteiger partial charge is 0.169 e. The van der Waals surface area contributed by atoms with E-state index in [0.717, 1.165) is 16.8 Å². The van der Waals surface area contributed by atoms with E-state index in [1.807, 2.05) is 96.6 Å². The van der Waals surface area contributed by atoms with Crippen molar-refractivity contribution in [1.82, 2.24) is 4.98 Å². The van der Waals surface area contributed by atoms with Gasteiger partial charge in [-0.3, -0.25) is 0 Å². The van der Waals surface area contributed by atoms with Crippen LogP contribution in [0.15, 0.2) is 61.2 Å². The zero-order chi connectivity index (χ0) is 17.6. The van der Waals surface area contributed by atoms with E-state index in [1.165, 1.54) is 0 Å². The highest BCUT2D eigenvalue weighted by molar-refractivity contribution is 5.72. The van der Waals surface area contributed by atoms with Crippen LogP contribution < -0.4 is 9.13 Å². The van der Waals surface area contributed by atoms with Crippen LogP contribution in [0.2, 0.25) is 0 Å². The van der Waals surface area contributed by atoms with Crippen molar-refractivity contribution in [1.29, 1.82) is 0 Å². The maximum atomic E-state index is 10.0. The van der Waals surface area contributed by atoms with E-state index in [1.54, 1.807) is 12.1 Å². The summed E-state index contributed by atoms with van der Waals surface area (Å²) in [6, 6.07) is 11.6. The van der Waals surface area contributed by atoms with E-state index >= 15 is 0 Å². The summed E-state index contributed by atoms with van der Waals surface area (Å²) in [5.74, 6) is 0.168. The summed E-state index contributed by atoms with van der Waals surface area (Å²) >= 11 is 0. The number of rotatable bonds is 4. The second-order valence-electron chi connectivity index (χ2n) is 5.90. The summed E-state index contributed by atoms with van der Waals surface area (Å²) in [6.45, 7) is 0. The molecule has 25 heavy (non-hydrogen) atoms. The molecule has 0 saturated heterocycles. The molecule has 4 nitrogen and oxygen atoms in total. The molecule has 0 aromatic carbocycles. The SMILES string of the molecule is C[n+]1ccc(C=Cc2ccc(O)c(C=Cc3cc[n+](C)cc3)n2)cc1. The second-order valence-corrected chi connectivity index (χ2v) is 5.90. The lowest BCUT2D eigenvalue weighted by molar-refractivity contribution is -0.671. The van der Waals surface area contributed by atoms with Gasteiger partial charge in [0.15, 0.2) is 24.8 Å². The molecule has 3 heterocycles. The molecule has 1 N–H and O–H groups in total. The van der Waals surface area contributed by atoms with Gasteiger partial charge in [-0.2, -0.15) is 0 Å². The first-order chi connectivity index (χ1) is 12.1. The zero-order valence-corrected chi connectivity index (χ0v) is 14.4. The summed E-state index contributed by atoms with van der Waals surface area (Å²) in [4.78, 5) is 4.50. The van der Waals surface area contributed by atoms with Crippen LogP contribution in [0.5, 0.6) is 5.75 Å². The van der Waals surface area contributed by atoms with Gasteiger partial charge in [-0.25, -0.2) is 14.1 Å². The van der Waals surface area contributed by atoms with E-state index < -0.39 is 0 Å². The van der Waals surface area contributed by atoms with E-state index in [2.05, 4.69) is 4.98 Å². The quantitative estimate of drug-likeness (QED) is 0.747. The fraction of sp³-hybridized carbons (Fsp3) is 0.0952. The highest BCUT2D eigenvalue weighted by atomic mass is 16.3.